The van der Waals surface area contributed by atoms with Crippen LogP contribution in [0, 0.1) is 18.8 Å². The number of halogens is 1. The summed E-state index contributed by atoms with van der Waals surface area (Å²) in [7, 11) is 0. The minimum Gasteiger partial charge on any atom is -0.0861 e. The van der Waals surface area contributed by atoms with E-state index in [4.69, 9.17) is 0 Å². The van der Waals surface area contributed by atoms with Crippen LogP contribution >= 0.6 is 22.6 Å². The minimum atomic E-state index is 0.608. The summed E-state index contributed by atoms with van der Waals surface area (Å²) in [6.07, 6.45) is 0. The predicted molar refractivity (Wildman–Crippen MR) is 42.6 cm³/mol. The van der Waals surface area contributed by atoms with Gasteiger partial charge in [0.2, 0.25) is 0 Å². The van der Waals surface area contributed by atoms with Crippen molar-refractivity contribution in [3.05, 3.63) is 6.92 Å². The van der Waals surface area contributed by atoms with Crippen LogP contribution in [-0.2, 0) is 0 Å². The van der Waals surface area contributed by atoms with Gasteiger partial charge in [0, 0.05) is 4.43 Å². The zero-order valence-corrected chi connectivity index (χ0v) is 7.10. The summed E-state index contributed by atoms with van der Waals surface area (Å²) >= 11 is 2.39. The monoisotopic (exact) mass is 211 g/mol. The molecule has 1 radical (unpaired) electrons. The molecule has 0 spiro atoms. The fourth-order valence-corrected chi connectivity index (χ4v) is 1.02. The fourth-order valence-electron chi connectivity index (χ4n) is 0.152. The van der Waals surface area contributed by atoms with E-state index in [0.717, 1.165) is 5.92 Å². The Bertz CT molecular complexity index is 41.4. The number of hydrogen-bond acceptors (Lipinski definition) is 0. The molecule has 0 aromatic rings. The van der Waals surface area contributed by atoms with E-state index in [1.54, 1.807) is 0 Å². The third kappa shape index (κ3) is 3.32. The van der Waals surface area contributed by atoms with Crippen LogP contribution in [0.4, 0.5) is 0 Å². The second kappa shape index (κ2) is 3.70. The lowest BCUT2D eigenvalue weighted by atomic mass is 10.0. The highest BCUT2D eigenvalue weighted by Gasteiger charge is 2.02. The zero-order valence-electron chi connectivity index (χ0n) is 4.95. The Kier molecular flexibility index (Phi) is 4.08. The molecule has 2 unspecified atom stereocenters. The summed E-state index contributed by atoms with van der Waals surface area (Å²) < 4.78 is 1.22. The fraction of sp³-hybridized carbons (Fsp3) is 0.833. The van der Waals surface area contributed by atoms with E-state index in [2.05, 4.69) is 43.4 Å². The van der Waals surface area contributed by atoms with Crippen molar-refractivity contribution in [3.63, 3.8) is 0 Å². The molecule has 0 saturated carbocycles. The van der Waals surface area contributed by atoms with Crippen LogP contribution in [-0.4, -0.2) is 4.43 Å². The molecule has 0 aliphatic heterocycles. The van der Waals surface area contributed by atoms with Gasteiger partial charge in [-0.1, -0.05) is 43.4 Å². The van der Waals surface area contributed by atoms with Crippen LogP contribution in [0.1, 0.15) is 13.8 Å². The Balaban J connectivity index is 3.14. The van der Waals surface area contributed by atoms with E-state index in [-0.39, 0.29) is 0 Å². The standard InChI is InChI=1S/C6H12I/c1-5(2)6(3)4-7/h5-6H,1,4H2,2-3H3. The summed E-state index contributed by atoms with van der Waals surface area (Å²) in [6.45, 7) is 8.29. The summed E-state index contributed by atoms with van der Waals surface area (Å²) in [5, 5.41) is 0. The number of rotatable bonds is 2. The third-order valence-electron chi connectivity index (χ3n) is 1.21. The maximum absolute atomic E-state index is 3.90. The molecule has 0 aliphatic rings. The van der Waals surface area contributed by atoms with Crippen molar-refractivity contribution in [2.24, 2.45) is 11.8 Å². The highest BCUT2D eigenvalue weighted by Crippen LogP contribution is 2.10. The topological polar surface area (TPSA) is 0 Å². The first-order valence-electron chi connectivity index (χ1n) is 2.57. The van der Waals surface area contributed by atoms with E-state index in [1.165, 1.54) is 4.43 Å². The normalized spacial score (nSPS) is 15.0. The average Bonchev–Trinajstić information content (AvgIpc) is 1.65. The molecule has 0 N–H and O–H groups in total. The van der Waals surface area contributed by atoms with Gasteiger partial charge in [-0.05, 0) is 11.8 Å². The maximum Gasteiger partial charge on any atom is 0.00236 e. The largest absolute Gasteiger partial charge is 0.0861 e. The van der Waals surface area contributed by atoms with E-state index >= 15 is 0 Å². The van der Waals surface area contributed by atoms with Crippen molar-refractivity contribution in [2.75, 3.05) is 4.43 Å². The van der Waals surface area contributed by atoms with Gasteiger partial charge in [0.15, 0.2) is 0 Å². The molecule has 2 atom stereocenters. The second-order valence-corrected chi connectivity index (χ2v) is 2.99. The summed E-state index contributed by atoms with van der Waals surface area (Å²) in [6, 6.07) is 0. The van der Waals surface area contributed by atoms with Crippen LogP contribution < -0.4 is 0 Å². The van der Waals surface area contributed by atoms with Gasteiger partial charge in [0.1, 0.15) is 0 Å². The van der Waals surface area contributed by atoms with Crippen LogP contribution in [0.5, 0.6) is 0 Å². The Labute approximate surface area is 59.8 Å². The molecule has 7 heavy (non-hydrogen) atoms. The predicted octanol–water partition coefficient (Wildman–Crippen LogP) is 2.53. The van der Waals surface area contributed by atoms with E-state index in [0.29, 0.717) is 5.92 Å². The molecule has 0 aromatic carbocycles. The molecular formula is C6H12I. The van der Waals surface area contributed by atoms with E-state index in [9.17, 15) is 0 Å². The summed E-state index contributed by atoms with van der Waals surface area (Å²) in [5.41, 5.74) is 0. The molecule has 0 aromatic heterocycles. The second-order valence-electron chi connectivity index (χ2n) is 2.11. The van der Waals surface area contributed by atoms with Crippen molar-refractivity contribution in [1.29, 1.82) is 0 Å². The SMILES string of the molecule is [CH2]C(C)C(C)CI. The van der Waals surface area contributed by atoms with Crippen molar-refractivity contribution >= 4 is 22.6 Å². The lowest BCUT2D eigenvalue weighted by molar-refractivity contribution is 0.516. The summed E-state index contributed by atoms with van der Waals surface area (Å²) in [5.74, 6) is 1.39. The van der Waals surface area contributed by atoms with E-state index < -0.39 is 0 Å². The number of hydrogen-bond donors (Lipinski definition) is 0. The van der Waals surface area contributed by atoms with Crippen LogP contribution in [0.15, 0.2) is 0 Å². The minimum absolute atomic E-state index is 0.608. The molecule has 0 nitrogen and oxygen atoms in total. The molecule has 0 bridgehead atoms. The van der Waals surface area contributed by atoms with Gasteiger partial charge in [-0.15, -0.1) is 0 Å². The molecule has 43 valence electrons. The Hall–Kier alpha value is 0.730. The van der Waals surface area contributed by atoms with Gasteiger partial charge < -0.3 is 0 Å². The van der Waals surface area contributed by atoms with Gasteiger partial charge in [-0.2, -0.15) is 0 Å². The van der Waals surface area contributed by atoms with Gasteiger partial charge in [0.25, 0.3) is 0 Å². The highest BCUT2D eigenvalue weighted by atomic mass is 127. The zero-order chi connectivity index (χ0) is 5.86. The van der Waals surface area contributed by atoms with Gasteiger partial charge >= 0.3 is 0 Å². The quantitative estimate of drug-likeness (QED) is 0.486. The van der Waals surface area contributed by atoms with Gasteiger partial charge in [0.05, 0.1) is 0 Å². The number of alkyl halides is 1. The first kappa shape index (κ1) is 7.73. The first-order valence-corrected chi connectivity index (χ1v) is 4.10. The first-order chi connectivity index (χ1) is 3.18. The molecule has 0 aliphatic carbocycles. The van der Waals surface area contributed by atoms with Crippen molar-refractivity contribution in [2.45, 2.75) is 13.8 Å². The van der Waals surface area contributed by atoms with Crippen LogP contribution in [0.2, 0.25) is 0 Å². The molecule has 0 saturated heterocycles. The third-order valence-corrected chi connectivity index (χ3v) is 2.60. The smallest absolute Gasteiger partial charge is 0.00236 e. The van der Waals surface area contributed by atoms with E-state index in [1.807, 2.05) is 0 Å². The van der Waals surface area contributed by atoms with Crippen molar-refractivity contribution < 1.29 is 0 Å². The van der Waals surface area contributed by atoms with Crippen molar-refractivity contribution in [1.82, 2.24) is 0 Å². The molecule has 0 fully saturated rings. The Morgan fingerprint density at radius 2 is 2.00 bits per heavy atom. The van der Waals surface area contributed by atoms with Crippen LogP contribution in [0.25, 0.3) is 0 Å². The van der Waals surface area contributed by atoms with Gasteiger partial charge in [-0.25, -0.2) is 0 Å². The molecule has 0 heterocycles. The molecular weight excluding hydrogens is 199 g/mol. The Morgan fingerprint density at radius 1 is 1.57 bits per heavy atom. The average molecular weight is 211 g/mol. The summed E-state index contributed by atoms with van der Waals surface area (Å²) in [4.78, 5) is 0. The molecule has 0 rings (SSSR count). The van der Waals surface area contributed by atoms with Crippen LogP contribution in [0.3, 0.4) is 0 Å². The highest BCUT2D eigenvalue weighted by molar-refractivity contribution is 14.1. The lowest BCUT2D eigenvalue weighted by Crippen LogP contribution is -2.03. The van der Waals surface area contributed by atoms with Crippen molar-refractivity contribution in [3.8, 4) is 0 Å². The lowest BCUT2D eigenvalue weighted by Gasteiger charge is -2.09. The molecule has 1 heteroatoms. The van der Waals surface area contributed by atoms with Gasteiger partial charge in [-0.3, -0.25) is 0 Å². The maximum atomic E-state index is 3.90. The molecule has 0 amide bonds. The Morgan fingerprint density at radius 3 is 2.00 bits per heavy atom.